The third-order valence-electron chi connectivity index (χ3n) is 1.47. The molecule has 6 heteroatoms. The Balaban J connectivity index is 3.96. The highest BCUT2D eigenvalue weighted by Crippen LogP contribution is 2.56. The molecule has 1 unspecified atom stereocenters. The molecular weight excluding hydrogens is 253 g/mol. The lowest BCUT2D eigenvalue weighted by atomic mass is 10.2. The topological polar surface area (TPSA) is 21.3 Å². The van der Waals surface area contributed by atoms with Gasteiger partial charge in [0.25, 0.3) is 0 Å². The highest BCUT2D eigenvalue weighted by Gasteiger charge is 2.15. The van der Waals surface area contributed by atoms with Crippen molar-refractivity contribution in [3.63, 3.8) is 0 Å². The Hall–Kier alpha value is 0.850. The van der Waals surface area contributed by atoms with Crippen molar-refractivity contribution in [2.75, 3.05) is 12.4 Å². The average Bonchev–Trinajstić information content (AvgIpc) is 2.03. The van der Waals surface area contributed by atoms with Crippen LogP contribution in [0.1, 0.15) is 27.2 Å². The fourth-order valence-corrected chi connectivity index (χ4v) is 6.21. The predicted molar refractivity (Wildman–Crippen MR) is 74.6 cm³/mol. The van der Waals surface area contributed by atoms with E-state index in [9.17, 15) is 0 Å². The van der Waals surface area contributed by atoms with Crippen molar-refractivity contribution < 1.29 is 4.52 Å². The molecule has 2 nitrogen and oxygen atoms in total. The largest absolute Gasteiger partial charge is 0.327 e. The Labute approximate surface area is 101 Å². The first-order valence-electron chi connectivity index (χ1n) is 4.64. The molecule has 0 radical (unpaired) electrons. The predicted octanol–water partition coefficient (Wildman–Crippen LogP) is 3.57. The zero-order valence-electron chi connectivity index (χ0n) is 8.86. The Kier molecular flexibility index (Phi) is 8.54. The molecule has 0 aliphatic heterocycles. The van der Waals surface area contributed by atoms with Crippen LogP contribution in [0.15, 0.2) is 0 Å². The normalized spacial score (nSPS) is 15.1. The lowest BCUT2D eigenvalue weighted by Gasteiger charge is -2.20. The Bertz CT molecular complexity index is 211. The molecular formula is C8H18NOPS3. The summed E-state index contributed by atoms with van der Waals surface area (Å²) in [5.41, 5.74) is -0.464. The number of nitrogens with one attached hydrogen (secondary N) is 1. The summed E-state index contributed by atoms with van der Waals surface area (Å²) in [5.74, 6) is 1.74. The fourth-order valence-electron chi connectivity index (χ4n) is 0.755. The van der Waals surface area contributed by atoms with Crippen LogP contribution in [-0.2, 0) is 16.3 Å². The molecule has 0 fully saturated rings. The molecule has 0 aromatic heterocycles. The molecule has 14 heavy (non-hydrogen) atoms. The summed E-state index contributed by atoms with van der Waals surface area (Å²) < 4.78 is 5.53. The van der Waals surface area contributed by atoms with E-state index in [0.717, 1.165) is 12.2 Å². The van der Waals surface area contributed by atoms with Gasteiger partial charge in [0.1, 0.15) is 0 Å². The molecule has 0 bridgehead atoms. The number of thiocarbonyl (C=S) groups is 1. The van der Waals surface area contributed by atoms with Gasteiger partial charge >= 0.3 is 0 Å². The van der Waals surface area contributed by atoms with Crippen LogP contribution in [0.4, 0.5) is 0 Å². The molecule has 0 aliphatic rings. The summed E-state index contributed by atoms with van der Waals surface area (Å²) in [6, 6.07) is 0. The quantitative estimate of drug-likeness (QED) is 0.536. The minimum absolute atomic E-state index is 0.641. The average molecular weight is 271 g/mol. The molecule has 0 rings (SSSR count). The van der Waals surface area contributed by atoms with Gasteiger partial charge in [0.15, 0.2) is 0 Å². The van der Waals surface area contributed by atoms with Crippen LogP contribution >= 0.6 is 29.2 Å². The highest BCUT2D eigenvalue weighted by atomic mass is 32.9. The molecule has 0 aromatic carbocycles. The molecule has 0 aromatic rings. The fraction of sp³-hybridized carbons (Fsp3) is 0.875. The van der Waals surface area contributed by atoms with Crippen LogP contribution < -0.4 is 5.09 Å². The first-order chi connectivity index (χ1) is 6.54. The van der Waals surface area contributed by atoms with E-state index in [2.05, 4.69) is 18.9 Å². The van der Waals surface area contributed by atoms with Crippen molar-refractivity contribution >= 4 is 46.5 Å². The maximum Gasteiger partial charge on any atom is 0.210 e. The van der Waals surface area contributed by atoms with Gasteiger partial charge in [-0.1, -0.05) is 37.4 Å². The molecule has 84 valence electrons. The monoisotopic (exact) mass is 271 g/mol. The van der Waals surface area contributed by atoms with Crippen molar-refractivity contribution in [3.05, 3.63) is 0 Å². The molecule has 0 saturated carbocycles. The van der Waals surface area contributed by atoms with Crippen LogP contribution in [0, 0.1) is 5.92 Å². The van der Waals surface area contributed by atoms with Gasteiger partial charge in [-0.2, -0.15) is 0 Å². The highest BCUT2D eigenvalue weighted by molar-refractivity contribution is 8.68. The van der Waals surface area contributed by atoms with Gasteiger partial charge in [0, 0.05) is 5.75 Å². The van der Waals surface area contributed by atoms with Crippen LogP contribution in [0.3, 0.4) is 0 Å². The molecule has 0 heterocycles. The standard InChI is InChI=1S/C8H18NOPS3/c1-4-10-11(13,9-7-12)14-6-5-8(2)3/h7-8H,4-6H2,1-3H3,(H,9,12,13). The molecule has 1 atom stereocenters. The van der Waals surface area contributed by atoms with Gasteiger partial charge in [-0.05, 0) is 31.1 Å². The second kappa shape index (κ2) is 8.05. The number of hydrogen-bond acceptors (Lipinski definition) is 4. The maximum atomic E-state index is 5.53. The van der Waals surface area contributed by atoms with Gasteiger partial charge in [0.2, 0.25) is 5.62 Å². The Morgan fingerprint density at radius 1 is 1.57 bits per heavy atom. The van der Waals surface area contributed by atoms with Crippen molar-refractivity contribution in [2.45, 2.75) is 27.2 Å². The molecule has 0 amide bonds. The minimum Gasteiger partial charge on any atom is -0.327 e. The lowest BCUT2D eigenvalue weighted by Crippen LogP contribution is -2.07. The van der Waals surface area contributed by atoms with Gasteiger partial charge in [-0.25, -0.2) is 0 Å². The van der Waals surface area contributed by atoms with Gasteiger partial charge < -0.3 is 9.61 Å². The molecule has 1 N–H and O–H groups in total. The van der Waals surface area contributed by atoms with E-state index >= 15 is 0 Å². The summed E-state index contributed by atoms with van der Waals surface area (Å²) in [4.78, 5) is 0. The van der Waals surface area contributed by atoms with Gasteiger partial charge in [0.05, 0.1) is 12.1 Å². The van der Waals surface area contributed by atoms with Crippen molar-refractivity contribution in [3.8, 4) is 0 Å². The molecule has 0 saturated heterocycles. The zero-order valence-corrected chi connectivity index (χ0v) is 12.2. The first kappa shape index (κ1) is 14.8. The van der Waals surface area contributed by atoms with E-state index in [1.807, 2.05) is 6.92 Å². The lowest BCUT2D eigenvalue weighted by molar-refractivity contribution is 0.383. The summed E-state index contributed by atoms with van der Waals surface area (Å²) in [6.45, 7) is 7.01. The SMILES string of the molecule is CCOP(=S)(NC=S)SCCC(C)C. The van der Waals surface area contributed by atoms with E-state index < -0.39 is 5.62 Å². The number of rotatable bonds is 8. The van der Waals surface area contributed by atoms with E-state index in [1.54, 1.807) is 11.4 Å². The van der Waals surface area contributed by atoms with Gasteiger partial charge in [-0.15, -0.1) is 0 Å². The van der Waals surface area contributed by atoms with Crippen LogP contribution in [0.2, 0.25) is 0 Å². The van der Waals surface area contributed by atoms with E-state index in [1.165, 1.54) is 5.49 Å². The third-order valence-corrected chi connectivity index (χ3v) is 7.34. The summed E-state index contributed by atoms with van der Waals surface area (Å²) in [7, 11) is 0. The molecule has 0 aliphatic carbocycles. The van der Waals surface area contributed by atoms with Crippen LogP contribution in [0.5, 0.6) is 0 Å². The molecule has 0 spiro atoms. The van der Waals surface area contributed by atoms with E-state index in [0.29, 0.717) is 12.5 Å². The summed E-state index contributed by atoms with van der Waals surface area (Å²) in [6.07, 6.45) is 1.16. The number of hydrogen-bond donors (Lipinski definition) is 1. The smallest absolute Gasteiger partial charge is 0.210 e. The minimum atomic E-state index is -1.94. The Morgan fingerprint density at radius 3 is 2.64 bits per heavy atom. The maximum absolute atomic E-state index is 5.53. The van der Waals surface area contributed by atoms with Gasteiger partial charge in [-0.3, -0.25) is 0 Å². The van der Waals surface area contributed by atoms with E-state index in [-0.39, 0.29) is 0 Å². The van der Waals surface area contributed by atoms with Crippen molar-refractivity contribution in [1.29, 1.82) is 0 Å². The van der Waals surface area contributed by atoms with Crippen LogP contribution in [-0.4, -0.2) is 17.9 Å². The third kappa shape index (κ3) is 7.18. The second-order valence-electron chi connectivity index (χ2n) is 3.18. The summed E-state index contributed by atoms with van der Waals surface area (Å²) >= 11 is 11.8. The van der Waals surface area contributed by atoms with Crippen molar-refractivity contribution in [1.82, 2.24) is 5.09 Å². The Morgan fingerprint density at radius 2 is 2.21 bits per heavy atom. The zero-order chi connectivity index (χ0) is 11.0. The van der Waals surface area contributed by atoms with E-state index in [4.69, 9.17) is 28.5 Å². The first-order valence-corrected chi connectivity index (χ1v) is 9.43. The summed E-state index contributed by atoms with van der Waals surface area (Å²) in [5, 5.41) is 2.99. The second-order valence-corrected chi connectivity index (χ2v) is 10.1. The van der Waals surface area contributed by atoms with Crippen molar-refractivity contribution in [2.24, 2.45) is 5.92 Å². The van der Waals surface area contributed by atoms with Crippen LogP contribution in [0.25, 0.3) is 0 Å².